The van der Waals surface area contributed by atoms with Gasteiger partial charge in [0.1, 0.15) is 10.6 Å². The SMILES string of the molecule is CCOc1ccc(C)cc1S(=O)(=O)N1C2CCC1CC(SC)C2. The molecule has 2 heterocycles. The minimum absolute atomic E-state index is 0.145. The second kappa shape index (κ2) is 6.65. The first kappa shape index (κ1) is 17.1. The van der Waals surface area contributed by atoms with Crippen LogP contribution in [-0.2, 0) is 10.0 Å². The van der Waals surface area contributed by atoms with E-state index in [4.69, 9.17) is 4.74 Å². The number of ether oxygens (including phenoxy) is 1. The number of aryl methyl sites for hydroxylation is 1. The first-order chi connectivity index (χ1) is 11.0. The minimum atomic E-state index is -3.51. The van der Waals surface area contributed by atoms with Gasteiger partial charge in [-0.25, -0.2) is 8.42 Å². The summed E-state index contributed by atoms with van der Waals surface area (Å²) >= 11 is 1.87. The number of nitrogens with zero attached hydrogens (tertiary/aromatic N) is 1. The lowest BCUT2D eigenvalue weighted by Gasteiger charge is -2.37. The Bertz CT molecular complexity index is 660. The number of thioether (sulfide) groups is 1. The van der Waals surface area contributed by atoms with Crippen molar-refractivity contribution < 1.29 is 13.2 Å². The average molecular weight is 356 g/mol. The van der Waals surface area contributed by atoms with Crippen molar-refractivity contribution in [1.82, 2.24) is 4.31 Å². The fourth-order valence-corrected chi connectivity index (χ4v) is 6.81. The second-order valence-corrected chi connectivity index (χ2v) is 9.38. The second-order valence-electron chi connectivity index (χ2n) is 6.43. The summed E-state index contributed by atoms with van der Waals surface area (Å²) in [7, 11) is -3.51. The van der Waals surface area contributed by atoms with Gasteiger partial charge in [-0.15, -0.1) is 0 Å². The third-order valence-electron chi connectivity index (χ3n) is 4.91. The van der Waals surface area contributed by atoms with Crippen molar-refractivity contribution in [1.29, 1.82) is 0 Å². The van der Waals surface area contributed by atoms with E-state index in [0.29, 0.717) is 22.5 Å². The molecule has 2 fully saturated rings. The molecule has 0 aromatic heterocycles. The van der Waals surface area contributed by atoms with Gasteiger partial charge in [-0.2, -0.15) is 16.1 Å². The van der Waals surface area contributed by atoms with Crippen LogP contribution in [0.5, 0.6) is 5.75 Å². The van der Waals surface area contributed by atoms with Crippen LogP contribution < -0.4 is 4.74 Å². The molecular weight excluding hydrogens is 330 g/mol. The van der Waals surface area contributed by atoms with Gasteiger partial charge >= 0.3 is 0 Å². The van der Waals surface area contributed by atoms with E-state index < -0.39 is 10.0 Å². The van der Waals surface area contributed by atoms with Crippen molar-refractivity contribution in [3.05, 3.63) is 23.8 Å². The van der Waals surface area contributed by atoms with E-state index in [1.54, 1.807) is 16.4 Å². The highest BCUT2D eigenvalue weighted by molar-refractivity contribution is 7.99. The zero-order valence-electron chi connectivity index (χ0n) is 14.0. The number of piperidine rings is 1. The van der Waals surface area contributed by atoms with Gasteiger partial charge in [-0.05, 0) is 63.5 Å². The van der Waals surface area contributed by atoms with Crippen LogP contribution >= 0.6 is 11.8 Å². The van der Waals surface area contributed by atoms with Gasteiger partial charge in [0, 0.05) is 17.3 Å². The maximum absolute atomic E-state index is 13.3. The molecule has 1 aromatic carbocycles. The van der Waals surface area contributed by atoms with E-state index in [1.807, 2.05) is 31.7 Å². The molecule has 2 bridgehead atoms. The van der Waals surface area contributed by atoms with Gasteiger partial charge < -0.3 is 4.74 Å². The summed E-state index contributed by atoms with van der Waals surface area (Å²) in [5.41, 5.74) is 0.943. The van der Waals surface area contributed by atoms with Crippen LogP contribution in [0.2, 0.25) is 0 Å². The summed E-state index contributed by atoms with van der Waals surface area (Å²) in [5.74, 6) is 0.476. The van der Waals surface area contributed by atoms with Crippen molar-refractivity contribution in [2.45, 2.75) is 61.8 Å². The standard InChI is InChI=1S/C17H25NO3S2/c1-4-21-16-8-5-12(2)9-17(16)23(19,20)18-13-6-7-14(18)11-15(10-13)22-3/h5,8-9,13-15H,4,6-7,10-11H2,1-3H3. The molecule has 4 nitrogen and oxygen atoms in total. The minimum Gasteiger partial charge on any atom is -0.492 e. The highest BCUT2D eigenvalue weighted by Crippen LogP contribution is 2.44. The largest absolute Gasteiger partial charge is 0.492 e. The monoisotopic (exact) mass is 355 g/mol. The predicted octanol–water partition coefficient (Wildman–Crippen LogP) is 3.44. The van der Waals surface area contributed by atoms with E-state index in [1.165, 1.54) is 0 Å². The molecular formula is C17H25NO3S2. The smallest absolute Gasteiger partial charge is 0.247 e. The van der Waals surface area contributed by atoms with Gasteiger partial charge in [0.2, 0.25) is 10.0 Å². The average Bonchev–Trinajstić information content (AvgIpc) is 2.81. The van der Waals surface area contributed by atoms with Crippen molar-refractivity contribution in [2.24, 2.45) is 0 Å². The lowest BCUT2D eigenvalue weighted by atomic mass is 10.1. The Morgan fingerprint density at radius 1 is 1.26 bits per heavy atom. The first-order valence-electron chi connectivity index (χ1n) is 8.27. The van der Waals surface area contributed by atoms with Crippen molar-refractivity contribution in [3.8, 4) is 5.75 Å². The van der Waals surface area contributed by atoms with Crippen LogP contribution in [0.3, 0.4) is 0 Å². The summed E-state index contributed by atoms with van der Waals surface area (Å²) < 4.78 is 34.0. The van der Waals surface area contributed by atoms with E-state index in [9.17, 15) is 8.42 Å². The Labute approximate surface area is 143 Å². The number of hydrogen-bond donors (Lipinski definition) is 0. The molecule has 2 atom stereocenters. The third-order valence-corrected chi connectivity index (χ3v) is 7.99. The molecule has 0 saturated carbocycles. The molecule has 23 heavy (non-hydrogen) atoms. The van der Waals surface area contributed by atoms with E-state index in [0.717, 1.165) is 31.2 Å². The summed E-state index contributed by atoms with van der Waals surface area (Å²) in [6.45, 7) is 4.26. The number of benzene rings is 1. The molecule has 0 radical (unpaired) electrons. The zero-order chi connectivity index (χ0) is 16.6. The van der Waals surface area contributed by atoms with Crippen LogP contribution in [0.15, 0.2) is 23.1 Å². The van der Waals surface area contributed by atoms with Gasteiger partial charge in [-0.1, -0.05) is 6.07 Å². The molecule has 3 rings (SSSR count). The van der Waals surface area contributed by atoms with Gasteiger partial charge in [-0.3, -0.25) is 0 Å². The fraction of sp³-hybridized carbons (Fsp3) is 0.647. The van der Waals surface area contributed by atoms with E-state index >= 15 is 0 Å². The van der Waals surface area contributed by atoms with Crippen LogP contribution in [-0.4, -0.2) is 42.9 Å². The quantitative estimate of drug-likeness (QED) is 0.812. The van der Waals surface area contributed by atoms with Crippen molar-refractivity contribution in [3.63, 3.8) is 0 Å². The Balaban J connectivity index is 1.98. The normalized spacial score (nSPS) is 28.0. The summed E-state index contributed by atoms with van der Waals surface area (Å²) in [5, 5.41) is 0.586. The Hall–Kier alpha value is -0.720. The molecule has 2 saturated heterocycles. The first-order valence-corrected chi connectivity index (χ1v) is 11.0. The zero-order valence-corrected chi connectivity index (χ0v) is 15.6. The molecule has 0 N–H and O–H groups in total. The lowest BCUT2D eigenvalue weighted by Crippen LogP contribution is -2.47. The van der Waals surface area contributed by atoms with Crippen LogP contribution in [0.1, 0.15) is 38.2 Å². The molecule has 128 valence electrons. The van der Waals surface area contributed by atoms with E-state index in [2.05, 4.69) is 6.26 Å². The summed E-state index contributed by atoms with van der Waals surface area (Å²) in [6.07, 6.45) is 6.02. The third kappa shape index (κ3) is 3.13. The number of fused-ring (bicyclic) bond motifs is 2. The molecule has 6 heteroatoms. The summed E-state index contributed by atoms with van der Waals surface area (Å²) in [4.78, 5) is 0.332. The predicted molar refractivity (Wildman–Crippen MR) is 94.7 cm³/mol. The Morgan fingerprint density at radius 3 is 2.48 bits per heavy atom. The Kier molecular flexibility index (Phi) is 4.95. The van der Waals surface area contributed by atoms with E-state index in [-0.39, 0.29) is 12.1 Å². The van der Waals surface area contributed by atoms with Crippen LogP contribution in [0.25, 0.3) is 0 Å². The molecule has 0 amide bonds. The van der Waals surface area contributed by atoms with Gasteiger partial charge in [0.15, 0.2) is 0 Å². The molecule has 0 spiro atoms. The molecule has 0 aliphatic carbocycles. The maximum atomic E-state index is 13.3. The summed E-state index contributed by atoms with van der Waals surface area (Å²) in [6, 6.07) is 5.72. The fourth-order valence-electron chi connectivity index (χ4n) is 3.87. The molecule has 2 aliphatic heterocycles. The highest BCUT2D eigenvalue weighted by Gasteiger charge is 2.47. The highest BCUT2D eigenvalue weighted by atomic mass is 32.2. The Morgan fingerprint density at radius 2 is 1.91 bits per heavy atom. The van der Waals surface area contributed by atoms with Gasteiger partial charge in [0.05, 0.1) is 6.61 Å². The maximum Gasteiger partial charge on any atom is 0.247 e. The molecule has 2 unspecified atom stereocenters. The lowest BCUT2D eigenvalue weighted by molar-refractivity contribution is 0.251. The van der Waals surface area contributed by atoms with Gasteiger partial charge in [0.25, 0.3) is 0 Å². The number of hydrogen-bond acceptors (Lipinski definition) is 4. The number of sulfonamides is 1. The molecule has 2 aliphatic rings. The van der Waals surface area contributed by atoms with Crippen molar-refractivity contribution >= 4 is 21.8 Å². The number of rotatable bonds is 5. The topological polar surface area (TPSA) is 46.6 Å². The molecule has 1 aromatic rings. The van der Waals surface area contributed by atoms with Crippen molar-refractivity contribution in [2.75, 3.05) is 12.9 Å². The van der Waals surface area contributed by atoms with Crippen LogP contribution in [0.4, 0.5) is 0 Å². The van der Waals surface area contributed by atoms with Crippen LogP contribution in [0, 0.1) is 6.92 Å².